The normalized spacial score (nSPS) is 20.3. The zero-order chi connectivity index (χ0) is 15.2. The Morgan fingerprint density at radius 2 is 2.38 bits per heavy atom. The molecule has 1 aliphatic heterocycles. The van der Waals surface area contributed by atoms with E-state index in [4.69, 9.17) is 0 Å². The zero-order valence-electron chi connectivity index (χ0n) is 13.1. The number of thioether (sulfide) groups is 1. The van der Waals surface area contributed by atoms with E-state index in [0.717, 1.165) is 29.3 Å². The molecule has 0 aromatic carbocycles. The summed E-state index contributed by atoms with van der Waals surface area (Å²) in [5.74, 6) is 2.58. The summed E-state index contributed by atoms with van der Waals surface area (Å²) in [5, 5.41) is 6.58. The second kappa shape index (κ2) is 7.80. The molecular formula is C16H25N3OS. The fraction of sp³-hybridized carbons (Fsp3) is 0.625. The van der Waals surface area contributed by atoms with Crippen LogP contribution in [0.4, 0.5) is 0 Å². The van der Waals surface area contributed by atoms with Crippen LogP contribution in [-0.2, 0) is 4.79 Å². The van der Waals surface area contributed by atoms with Crippen molar-refractivity contribution in [3.05, 3.63) is 29.6 Å². The maximum absolute atomic E-state index is 12.3. The number of carbonyl (C=O) groups is 1. The van der Waals surface area contributed by atoms with E-state index in [1.165, 1.54) is 0 Å². The third-order valence-corrected chi connectivity index (χ3v) is 4.89. The summed E-state index contributed by atoms with van der Waals surface area (Å²) in [4.78, 5) is 16.8. The molecule has 0 aliphatic carbocycles. The number of hydrogen-bond donors (Lipinski definition) is 2. The molecule has 1 aromatic heterocycles. The van der Waals surface area contributed by atoms with Crippen LogP contribution in [0.5, 0.6) is 0 Å². The lowest BCUT2D eigenvalue weighted by Crippen LogP contribution is -2.42. The highest BCUT2D eigenvalue weighted by Gasteiger charge is 2.23. The van der Waals surface area contributed by atoms with Gasteiger partial charge in [0.05, 0.1) is 11.7 Å². The lowest BCUT2D eigenvalue weighted by atomic mass is 9.97. The van der Waals surface area contributed by atoms with Gasteiger partial charge in [0.15, 0.2) is 0 Å². The molecule has 2 atom stereocenters. The SMILES string of the molecule is Cc1cccnc1C(NC(=O)CC1CSCCN1)C(C)C. The lowest BCUT2D eigenvalue weighted by molar-refractivity contribution is -0.122. The highest BCUT2D eigenvalue weighted by Crippen LogP contribution is 2.23. The number of pyridine rings is 1. The summed E-state index contributed by atoms with van der Waals surface area (Å²) in [6.07, 6.45) is 2.34. The summed E-state index contributed by atoms with van der Waals surface area (Å²) in [6, 6.07) is 4.25. The van der Waals surface area contributed by atoms with Crippen molar-refractivity contribution in [2.45, 2.75) is 39.3 Å². The van der Waals surface area contributed by atoms with Gasteiger partial charge in [0.25, 0.3) is 0 Å². The van der Waals surface area contributed by atoms with Crippen molar-refractivity contribution < 1.29 is 4.79 Å². The summed E-state index contributed by atoms with van der Waals surface area (Å²) >= 11 is 1.91. The summed E-state index contributed by atoms with van der Waals surface area (Å²) in [6.45, 7) is 7.28. The molecule has 116 valence electrons. The quantitative estimate of drug-likeness (QED) is 0.876. The molecule has 2 rings (SSSR count). The summed E-state index contributed by atoms with van der Waals surface area (Å²) < 4.78 is 0. The molecule has 2 unspecified atom stereocenters. The highest BCUT2D eigenvalue weighted by molar-refractivity contribution is 7.99. The van der Waals surface area contributed by atoms with Crippen LogP contribution in [0.3, 0.4) is 0 Å². The van der Waals surface area contributed by atoms with Gasteiger partial charge in [0, 0.05) is 36.7 Å². The molecule has 0 saturated carbocycles. The zero-order valence-corrected chi connectivity index (χ0v) is 13.9. The van der Waals surface area contributed by atoms with Crippen LogP contribution >= 0.6 is 11.8 Å². The lowest BCUT2D eigenvalue weighted by Gasteiger charge is -2.26. The molecule has 0 bridgehead atoms. The molecule has 1 aliphatic rings. The number of aryl methyl sites for hydroxylation is 1. The minimum Gasteiger partial charge on any atom is -0.347 e. The Hall–Kier alpha value is -1.07. The average Bonchev–Trinajstić information content (AvgIpc) is 2.46. The van der Waals surface area contributed by atoms with Crippen molar-refractivity contribution in [3.63, 3.8) is 0 Å². The smallest absolute Gasteiger partial charge is 0.222 e. The van der Waals surface area contributed by atoms with Crippen LogP contribution < -0.4 is 10.6 Å². The van der Waals surface area contributed by atoms with Gasteiger partial charge in [-0.25, -0.2) is 0 Å². The van der Waals surface area contributed by atoms with Gasteiger partial charge < -0.3 is 10.6 Å². The van der Waals surface area contributed by atoms with Gasteiger partial charge in [0.1, 0.15) is 0 Å². The molecule has 0 spiro atoms. The third-order valence-electron chi connectivity index (χ3n) is 3.76. The van der Waals surface area contributed by atoms with Gasteiger partial charge in [-0.2, -0.15) is 11.8 Å². The Morgan fingerprint density at radius 3 is 3.00 bits per heavy atom. The van der Waals surface area contributed by atoms with E-state index < -0.39 is 0 Å². The van der Waals surface area contributed by atoms with E-state index in [9.17, 15) is 4.79 Å². The predicted octanol–water partition coefficient (Wildman–Crippen LogP) is 2.30. The topological polar surface area (TPSA) is 54.0 Å². The van der Waals surface area contributed by atoms with Crippen LogP contribution in [0.15, 0.2) is 18.3 Å². The van der Waals surface area contributed by atoms with E-state index >= 15 is 0 Å². The van der Waals surface area contributed by atoms with Crippen molar-refractivity contribution >= 4 is 17.7 Å². The third kappa shape index (κ3) is 4.71. The van der Waals surface area contributed by atoms with Crippen LogP contribution in [0.2, 0.25) is 0 Å². The van der Waals surface area contributed by atoms with E-state index in [2.05, 4.69) is 29.5 Å². The first-order valence-corrected chi connectivity index (χ1v) is 8.75. The van der Waals surface area contributed by atoms with Crippen LogP contribution in [0.1, 0.15) is 37.6 Å². The fourth-order valence-corrected chi connectivity index (χ4v) is 3.53. The Bertz CT molecular complexity index is 472. The summed E-state index contributed by atoms with van der Waals surface area (Å²) in [5.41, 5.74) is 2.11. The predicted molar refractivity (Wildman–Crippen MR) is 88.4 cm³/mol. The number of nitrogens with one attached hydrogen (secondary N) is 2. The number of carbonyl (C=O) groups excluding carboxylic acids is 1. The van der Waals surface area contributed by atoms with Gasteiger partial charge in [-0.1, -0.05) is 19.9 Å². The molecular weight excluding hydrogens is 282 g/mol. The molecule has 4 nitrogen and oxygen atoms in total. The molecule has 1 fully saturated rings. The monoisotopic (exact) mass is 307 g/mol. The standard InChI is InChI=1S/C16H25N3OS/c1-11(2)15(16-12(3)5-4-6-18-16)19-14(20)9-13-10-21-8-7-17-13/h4-6,11,13,15,17H,7-10H2,1-3H3,(H,19,20). The van der Waals surface area contributed by atoms with Crippen molar-refractivity contribution in [1.29, 1.82) is 0 Å². The molecule has 21 heavy (non-hydrogen) atoms. The first kappa shape index (κ1) is 16.3. The van der Waals surface area contributed by atoms with Crippen LogP contribution in [-0.4, -0.2) is 35.0 Å². The van der Waals surface area contributed by atoms with Gasteiger partial charge in [-0.15, -0.1) is 0 Å². The Kier molecular flexibility index (Phi) is 6.06. The minimum atomic E-state index is -0.0186. The molecule has 2 heterocycles. The number of nitrogens with zero attached hydrogens (tertiary/aromatic N) is 1. The second-order valence-corrected chi connectivity index (χ2v) is 7.07. The maximum atomic E-state index is 12.3. The van der Waals surface area contributed by atoms with Gasteiger partial charge in [-0.3, -0.25) is 9.78 Å². The molecule has 1 aromatic rings. The van der Waals surface area contributed by atoms with E-state index in [1.807, 2.05) is 30.8 Å². The van der Waals surface area contributed by atoms with Gasteiger partial charge in [0.2, 0.25) is 5.91 Å². The second-order valence-electron chi connectivity index (χ2n) is 5.92. The van der Waals surface area contributed by atoms with Crippen LogP contribution in [0, 0.1) is 12.8 Å². The number of rotatable bonds is 5. The first-order valence-electron chi connectivity index (χ1n) is 7.60. The van der Waals surface area contributed by atoms with E-state index in [1.54, 1.807) is 6.20 Å². The molecule has 2 N–H and O–H groups in total. The number of aromatic nitrogens is 1. The first-order chi connectivity index (χ1) is 10.1. The molecule has 1 amide bonds. The average molecular weight is 307 g/mol. The largest absolute Gasteiger partial charge is 0.347 e. The fourth-order valence-electron chi connectivity index (χ4n) is 2.58. The van der Waals surface area contributed by atoms with Crippen molar-refractivity contribution in [3.8, 4) is 0 Å². The van der Waals surface area contributed by atoms with E-state index in [-0.39, 0.29) is 11.9 Å². The Morgan fingerprint density at radius 1 is 1.57 bits per heavy atom. The minimum absolute atomic E-state index is 0.0186. The number of hydrogen-bond acceptors (Lipinski definition) is 4. The van der Waals surface area contributed by atoms with Gasteiger partial charge >= 0.3 is 0 Å². The summed E-state index contributed by atoms with van der Waals surface area (Å²) in [7, 11) is 0. The van der Waals surface area contributed by atoms with Crippen LogP contribution in [0.25, 0.3) is 0 Å². The van der Waals surface area contributed by atoms with Crippen molar-refractivity contribution in [2.24, 2.45) is 5.92 Å². The molecule has 1 saturated heterocycles. The molecule has 0 radical (unpaired) electrons. The van der Waals surface area contributed by atoms with Crippen molar-refractivity contribution in [2.75, 3.05) is 18.1 Å². The highest BCUT2D eigenvalue weighted by atomic mass is 32.2. The van der Waals surface area contributed by atoms with E-state index in [0.29, 0.717) is 18.4 Å². The van der Waals surface area contributed by atoms with Gasteiger partial charge in [-0.05, 0) is 24.5 Å². The Balaban J connectivity index is 1.99. The molecule has 5 heteroatoms. The number of amides is 1. The van der Waals surface area contributed by atoms with Crippen molar-refractivity contribution in [1.82, 2.24) is 15.6 Å². The Labute approximate surface area is 131 Å². The maximum Gasteiger partial charge on any atom is 0.222 e.